The van der Waals surface area contributed by atoms with Crippen molar-refractivity contribution in [3.63, 3.8) is 0 Å². The Morgan fingerprint density at radius 1 is 1.10 bits per heavy atom. The Bertz CT molecular complexity index is 1160. The second-order valence-corrected chi connectivity index (χ2v) is 7.81. The number of rotatable bonds is 7. The molecule has 2 heterocycles. The summed E-state index contributed by atoms with van der Waals surface area (Å²) in [5, 5.41) is 12.1. The molecule has 1 N–H and O–H groups in total. The third kappa shape index (κ3) is 5.10. The summed E-state index contributed by atoms with van der Waals surface area (Å²) >= 11 is 1.33. The Kier molecular flexibility index (Phi) is 6.28. The van der Waals surface area contributed by atoms with Gasteiger partial charge in [0.2, 0.25) is 5.91 Å². The van der Waals surface area contributed by atoms with Crippen LogP contribution in [0.1, 0.15) is 5.56 Å². The molecule has 0 bridgehead atoms. The van der Waals surface area contributed by atoms with E-state index in [9.17, 15) is 4.79 Å². The zero-order valence-electron chi connectivity index (χ0n) is 17.1. The summed E-state index contributed by atoms with van der Waals surface area (Å²) in [5.74, 6) is 0.729. The van der Waals surface area contributed by atoms with E-state index in [1.54, 1.807) is 19.6 Å². The zero-order chi connectivity index (χ0) is 21.6. The second kappa shape index (κ2) is 9.44. The number of benzene rings is 2. The Morgan fingerprint density at radius 3 is 2.61 bits per heavy atom. The van der Waals surface area contributed by atoms with Crippen molar-refractivity contribution < 1.29 is 9.53 Å². The summed E-state index contributed by atoms with van der Waals surface area (Å²) < 4.78 is 7.24. The highest BCUT2D eigenvalue weighted by Crippen LogP contribution is 2.26. The van der Waals surface area contributed by atoms with Gasteiger partial charge in [0.1, 0.15) is 10.8 Å². The Balaban J connectivity index is 1.35. The molecule has 0 fully saturated rings. The lowest BCUT2D eigenvalue weighted by atomic mass is 10.1. The summed E-state index contributed by atoms with van der Waals surface area (Å²) in [6.07, 6.45) is 5.39. The first kappa shape index (κ1) is 20.6. The topological polar surface area (TPSA) is 81.9 Å². The lowest BCUT2D eigenvalue weighted by Crippen LogP contribution is -2.15. The maximum absolute atomic E-state index is 12.3. The van der Waals surface area contributed by atoms with Gasteiger partial charge in [-0.2, -0.15) is 0 Å². The van der Waals surface area contributed by atoms with Crippen LogP contribution in [0.5, 0.6) is 5.75 Å². The molecule has 31 heavy (non-hydrogen) atoms. The molecule has 2 aromatic carbocycles. The van der Waals surface area contributed by atoms with E-state index in [-0.39, 0.29) is 11.7 Å². The lowest BCUT2D eigenvalue weighted by molar-refractivity contribution is -0.113. The van der Waals surface area contributed by atoms with E-state index < -0.39 is 0 Å². The van der Waals surface area contributed by atoms with Crippen LogP contribution < -0.4 is 10.1 Å². The molecule has 0 aliphatic heterocycles. The molecule has 0 aliphatic carbocycles. The number of imidazole rings is 1. The number of amides is 1. The molecule has 7 nitrogen and oxygen atoms in total. The largest absolute Gasteiger partial charge is 0.495 e. The first-order valence-electron chi connectivity index (χ1n) is 9.62. The van der Waals surface area contributed by atoms with E-state index in [0.29, 0.717) is 16.5 Å². The molecule has 0 saturated heterocycles. The number of nitrogens with one attached hydrogen (secondary N) is 1. The number of methoxy groups -OCH3 is 1. The fourth-order valence-electron chi connectivity index (χ4n) is 3.01. The number of hydrogen-bond donors (Lipinski definition) is 1. The molecule has 0 saturated carbocycles. The molecule has 0 aliphatic rings. The molecule has 0 unspecified atom stereocenters. The van der Waals surface area contributed by atoms with Crippen LogP contribution in [-0.2, 0) is 4.79 Å². The van der Waals surface area contributed by atoms with E-state index >= 15 is 0 Å². The number of nitrogens with zero attached hydrogens (tertiary/aromatic N) is 4. The summed E-state index contributed by atoms with van der Waals surface area (Å²) in [5.41, 5.74) is 4.47. The molecule has 0 atom stereocenters. The summed E-state index contributed by atoms with van der Waals surface area (Å²) in [6, 6.07) is 17.4. The normalized spacial score (nSPS) is 10.6. The van der Waals surface area contributed by atoms with Crippen molar-refractivity contribution in [1.29, 1.82) is 0 Å². The highest BCUT2D eigenvalue weighted by atomic mass is 32.2. The first-order valence-corrected chi connectivity index (χ1v) is 10.6. The number of thioether (sulfide) groups is 1. The van der Waals surface area contributed by atoms with Gasteiger partial charge >= 0.3 is 0 Å². The van der Waals surface area contributed by atoms with Crippen molar-refractivity contribution >= 4 is 23.4 Å². The Labute approximate surface area is 184 Å². The Morgan fingerprint density at radius 2 is 1.94 bits per heavy atom. The summed E-state index contributed by atoms with van der Waals surface area (Å²) in [4.78, 5) is 16.4. The van der Waals surface area contributed by atoms with E-state index in [1.807, 2.05) is 72.3 Å². The van der Waals surface area contributed by atoms with Gasteiger partial charge in [-0.15, -0.1) is 10.2 Å². The van der Waals surface area contributed by atoms with Gasteiger partial charge < -0.3 is 14.6 Å². The van der Waals surface area contributed by atoms with Crippen molar-refractivity contribution in [3.05, 3.63) is 78.9 Å². The number of hydrogen-bond acceptors (Lipinski definition) is 6. The molecule has 156 valence electrons. The van der Waals surface area contributed by atoms with Gasteiger partial charge in [-0.3, -0.25) is 4.79 Å². The first-order chi connectivity index (χ1) is 15.1. The van der Waals surface area contributed by atoms with Gasteiger partial charge in [0.25, 0.3) is 0 Å². The van der Waals surface area contributed by atoms with Gasteiger partial charge in [0.15, 0.2) is 0 Å². The average Bonchev–Trinajstić information content (AvgIpc) is 3.33. The number of aryl methyl sites for hydroxylation is 1. The molecule has 4 aromatic rings. The predicted molar refractivity (Wildman–Crippen MR) is 122 cm³/mol. The monoisotopic (exact) mass is 431 g/mol. The summed E-state index contributed by atoms with van der Waals surface area (Å²) in [7, 11) is 1.58. The van der Waals surface area contributed by atoms with Crippen LogP contribution in [0, 0.1) is 6.92 Å². The number of anilines is 1. The zero-order valence-corrected chi connectivity index (χ0v) is 18.0. The molecular weight excluding hydrogens is 410 g/mol. The van der Waals surface area contributed by atoms with Crippen LogP contribution in [0.25, 0.3) is 16.9 Å². The van der Waals surface area contributed by atoms with Crippen LogP contribution in [0.4, 0.5) is 5.69 Å². The van der Waals surface area contributed by atoms with Crippen molar-refractivity contribution in [2.24, 2.45) is 0 Å². The molecular formula is C23H21N5O2S. The molecule has 2 aromatic heterocycles. The molecule has 8 heteroatoms. The third-order valence-corrected chi connectivity index (χ3v) is 5.51. The quantitative estimate of drug-likeness (QED) is 0.438. The minimum Gasteiger partial charge on any atom is -0.495 e. The van der Waals surface area contributed by atoms with E-state index in [2.05, 4.69) is 20.5 Å². The summed E-state index contributed by atoms with van der Waals surface area (Å²) in [6.45, 7) is 1.96. The standard InChI is InChI=1S/C23H21N5O2S/c1-16-3-9-21(30-2)20(13-16)25-22(29)14-31-23-10-8-19(26-27-23)17-4-6-18(7-5-17)28-12-11-24-15-28/h3-13,15H,14H2,1-2H3,(H,25,29). The van der Waals surface area contributed by atoms with Crippen LogP contribution in [-0.4, -0.2) is 38.5 Å². The highest BCUT2D eigenvalue weighted by molar-refractivity contribution is 7.99. The van der Waals surface area contributed by atoms with Gasteiger partial charge in [-0.05, 0) is 48.9 Å². The molecule has 0 spiro atoms. The fraction of sp³-hybridized carbons (Fsp3) is 0.130. The van der Waals surface area contributed by atoms with Crippen LogP contribution >= 0.6 is 11.8 Å². The van der Waals surface area contributed by atoms with Gasteiger partial charge in [-0.25, -0.2) is 4.98 Å². The van der Waals surface area contributed by atoms with Crippen LogP contribution in [0.3, 0.4) is 0 Å². The van der Waals surface area contributed by atoms with Crippen molar-refractivity contribution in [2.75, 3.05) is 18.2 Å². The lowest BCUT2D eigenvalue weighted by Gasteiger charge is -2.10. The number of carbonyl (C=O) groups excluding carboxylic acids is 1. The number of carbonyl (C=O) groups is 1. The SMILES string of the molecule is COc1ccc(C)cc1NC(=O)CSc1ccc(-c2ccc(-n3ccnc3)cc2)nn1. The number of aromatic nitrogens is 4. The van der Waals surface area contributed by atoms with Crippen molar-refractivity contribution in [3.8, 4) is 22.7 Å². The minimum absolute atomic E-state index is 0.130. The van der Waals surface area contributed by atoms with Crippen LogP contribution in [0.15, 0.2) is 78.3 Å². The average molecular weight is 432 g/mol. The van der Waals surface area contributed by atoms with Crippen LogP contribution in [0.2, 0.25) is 0 Å². The highest BCUT2D eigenvalue weighted by Gasteiger charge is 2.10. The smallest absolute Gasteiger partial charge is 0.234 e. The fourth-order valence-corrected chi connectivity index (χ4v) is 3.63. The number of ether oxygens (including phenoxy) is 1. The van der Waals surface area contributed by atoms with Gasteiger partial charge in [0, 0.05) is 23.6 Å². The van der Waals surface area contributed by atoms with Crippen molar-refractivity contribution in [1.82, 2.24) is 19.7 Å². The van der Waals surface area contributed by atoms with Gasteiger partial charge in [-0.1, -0.05) is 30.0 Å². The van der Waals surface area contributed by atoms with E-state index in [0.717, 1.165) is 22.5 Å². The minimum atomic E-state index is -0.130. The van der Waals surface area contributed by atoms with Gasteiger partial charge in [0.05, 0.1) is 30.6 Å². The second-order valence-electron chi connectivity index (χ2n) is 6.81. The third-order valence-electron chi connectivity index (χ3n) is 4.59. The van der Waals surface area contributed by atoms with E-state index in [4.69, 9.17) is 4.74 Å². The van der Waals surface area contributed by atoms with E-state index in [1.165, 1.54) is 11.8 Å². The Hall–Kier alpha value is -3.65. The maximum atomic E-state index is 12.3. The molecule has 4 rings (SSSR count). The van der Waals surface area contributed by atoms with Crippen molar-refractivity contribution in [2.45, 2.75) is 11.9 Å². The predicted octanol–water partition coefficient (Wildman–Crippen LogP) is 4.38. The molecule has 0 radical (unpaired) electrons. The molecule has 1 amide bonds. The maximum Gasteiger partial charge on any atom is 0.234 e.